The minimum Gasteiger partial charge on any atom is -0.508 e. The molecule has 25 heavy (non-hydrogen) atoms. The number of aromatic amines is 1. The van der Waals surface area contributed by atoms with Crippen molar-refractivity contribution in [3.63, 3.8) is 0 Å². The highest BCUT2D eigenvalue weighted by atomic mass is 16.4. The molecular weight excluding hydrogens is 324 g/mol. The van der Waals surface area contributed by atoms with E-state index >= 15 is 0 Å². The summed E-state index contributed by atoms with van der Waals surface area (Å²) in [6.07, 6.45) is 1.18. The molecule has 0 aliphatic heterocycles. The average Bonchev–Trinajstić information content (AvgIpc) is 2.98. The molecule has 0 radical (unpaired) electrons. The average molecular weight is 340 g/mol. The van der Waals surface area contributed by atoms with Gasteiger partial charge in [0, 0.05) is 6.07 Å². The maximum absolute atomic E-state index is 11.8. The minimum atomic E-state index is -1.20. The fourth-order valence-corrected chi connectivity index (χ4v) is 2.56. The molecule has 0 amide bonds. The van der Waals surface area contributed by atoms with Crippen molar-refractivity contribution in [2.45, 2.75) is 12.8 Å². The minimum absolute atomic E-state index is 0.100. The summed E-state index contributed by atoms with van der Waals surface area (Å²) in [6, 6.07) is 12.5. The van der Waals surface area contributed by atoms with Gasteiger partial charge in [-0.1, -0.05) is 12.1 Å². The van der Waals surface area contributed by atoms with Crippen molar-refractivity contribution in [2.24, 2.45) is 0 Å². The molecule has 1 aromatic heterocycles. The quantitative estimate of drug-likeness (QED) is 0.531. The summed E-state index contributed by atoms with van der Waals surface area (Å²) in [5.41, 5.74) is 1.53. The largest absolute Gasteiger partial charge is 0.508 e. The lowest BCUT2D eigenvalue weighted by Crippen LogP contribution is -2.13. The van der Waals surface area contributed by atoms with Gasteiger partial charge >= 0.3 is 5.97 Å². The molecule has 0 spiro atoms. The third-order valence-electron chi connectivity index (χ3n) is 3.89. The second-order valence-corrected chi connectivity index (χ2v) is 5.63. The molecule has 0 saturated carbocycles. The van der Waals surface area contributed by atoms with E-state index in [-0.39, 0.29) is 17.2 Å². The molecule has 4 N–H and O–H groups in total. The number of hydrogen-bond acceptors (Lipinski definition) is 4. The molecular formula is C18H16N2O5. The summed E-state index contributed by atoms with van der Waals surface area (Å²) >= 11 is 0. The highest BCUT2D eigenvalue weighted by molar-refractivity contribution is 5.85. The second kappa shape index (κ2) is 6.56. The van der Waals surface area contributed by atoms with Gasteiger partial charge in [0.25, 0.3) is 5.56 Å². The number of phenols is 2. The van der Waals surface area contributed by atoms with E-state index in [2.05, 4.69) is 5.10 Å². The number of phenolic OH excluding ortho intramolecular Hbond substituents is 2. The first-order chi connectivity index (χ1) is 11.9. The number of carbonyl (C=O) groups is 1. The fraction of sp³-hybridized carbons (Fsp3) is 0.111. The van der Waals surface area contributed by atoms with Crippen LogP contribution in [0.25, 0.3) is 5.69 Å². The number of hydrogen-bond donors (Lipinski definition) is 4. The van der Waals surface area contributed by atoms with Gasteiger partial charge in [-0.25, -0.2) is 9.48 Å². The topological polar surface area (TPSA) is 116 Å². The molecule has 128 valence electrons. The standard InChI is InChI=1S/C18H16N2O5/c21-14-7-8-16(22)12(9-14)4-1-11-2-5-13(6-3-11)20-17(23)10-15(19-20)18(24)25/h2-3,5-10,19,21-22H,1,4H2,(H,24,25). The lowest BCUT2D eigenvalue weighted by Gasteiger charge is -2.07. The van der Waals surface area contributed by atoms with Gasteiger partial charge in [-0.15, -0.1) is 0 Å². The Morgan fingerprint density at radius 2 is 1.72 bits per heavy atom. The Bertz CT molecular complexity index is 970. The van der Waals surface area contributed by atoms with E-state index < -0.39 is 11.5 Å². The van der Waals surface area contributed by atoms with Gasteiger partial charge in [0.2, 0.25) is 0 Å². The zero-order valence-electron chi connectivity index (χ0n) is 13.1. The van der Waals surface area contributed by atoms with Gasteiger partial charge in [-0.3, -0.25) is 9.89 Å². The van der Waals surface area contributed by atoms with Gasteiger partial charge in [0.05, 0.1) is 5.69 Å². The van der Waals surface area contributed by atoms with Crippen LogP contribution in [0.15, 0.2) is 53.3 Å². The smallest absolute Gasteiger partial charge is 0.353 e. The Hall–Kier alpha value is -3.48. The summed E-state index contributed by atoms with van der Waals surface area (Å²) in [4.78, 5) is 22.7. The number of carboxylic acids is 1. The molecule has 0 atom stereocenters. The van der Waals surface area contributed by atoms with E-state index in [1.165, 1.54) is 18.2 Å². The molecule has 3 aromatic rings. The van der Waals surface area contributed by atoms with E-state index in [1.54, 1.807) is 12.1 Å². The highest BCUT2D eigenvalue weighted by Gasteiger charge is 2.10. The van der Waals surface area contributed by atoms with Gasteiger partial charge in [-0.2, -0.15) is 0 Å². The third-order valence-corrected chi connectivity index (χ3v) is 3.89. The first-order valence-corrected chi connectivity index (χ1v) is 7.59. The van der Waals surface area contributed by atoms with E-state index in [9.17, 15) is 19.8 Å². The molecule has 1 heterocycles. The zero-order chi connectivity index (χ0) is 18.0. The van der Waals surface area contributed by atoms with Crippen LogP contribution in [0.4, 0.5) is 0 Å². The van der Waals surface area contributed by atoms with Crippen molar-refractivity contribution in [2.75, 3.05) is 0 Å². The summed E-state index contributed by atoms with van der Waals surface area (Å²) in [6.45, 7) is 0. The van der Waals surface area contributed by atoms with Crippen molar-refractivity contribution < 1.29 is 20.1 Å². The molecule has 0 unspecified atom stereocenters. The summed E-state index contributed by atoms with van der Waals surface area (Å²) in [7, 11) is 0. The van der Waals surface area contributed by atoms with Gasteiger partial charge in [-0.05, 0) is 54.3 Å². The van der Waals surface area contributed by atoms with Crippen LogP contribution in [0.3, 0.4) is 0 Å². The normalized spacial score (nSPS) is 10.7. The predicted octanol–water partition coefficient (Wildman–Crippen LogP) is 2.06. The van der Waals surface area contributed by atoms with Crippen molar-refractivity contribution in [1.82, 2.24) is 9.78 Å². The number of rotatable bonds is 5. The number of aromatic hydroxyl groups is 2. The van der Waals surface area contributed by atoms with E-state index in [1.807, 2.05) is 12.1 Å². The predicted molar refractivity (Wildman–Crippen MR) is 90.5 cm³/mol. The number of benzene rings is 2. The van der Waals surface area contributed by atoms with Crippen LogP contribution < -0.4 is 5.56 Å². The summed E-state index contributed by atoms with van der Waals surface area (Å²) in [5.74, 6) is -0.963. The van der Waals surface area contributed by atoms with Crippen LogP contribution in [-0.4, -0.2) is 31.1 Å². The summed E-state index contributed by atoms with van der Waals surface area (Å²) in [5, 5.41) is 30.7. The molecule has 7 nitrogen and oxygen atoms in total. The molecule has 0 saturated heterocycles. The summed E-state index contributed by atoms with van der Waals surface area (Å²) < 4.78 is 1.16. The SMILES string of the molecule is O=C(O)c1cc(=O)n(-c2ccc(CCc3cc(O)ccc3O)cc2)[nH]1. The first kappa shape index (κ1) is 16.4. The Labute approximate surface area is 142 Å². The molecule has 0 aliphatic carbocycles. The van der Waals surface area contributed by atoms with Crippen molar-refractivity contribution >= 4 is 5.97 Å². The highest BCUT2D eigenvalue weighted by Crippen LogP contribution is 2.23. The van der Waals surface area contributed by atoms with Crippen LogP contribution >= 0.6 is 0 Å². The molecule has 0 bridgehead atoms. The Morgan fingerprint density at radius 3 is 2.36 bits per heavy atom. The zero-order valence-corrected chi connectivity index (χ0v) is 13.1. The maximum Gasteiger partial charge on any atom is 0.353 e. The lowest BCUT2D eigenvalue weighted by atomic mass is 10.0. The molecule has 0 aliphatic rings. The monoisotopic (exact) mass is 340 g/mol. The number of nitrogens with zero attached hydrogens (tertiary/aromatic N) is 1. The van der Waals surface area contributed by atoms with Crippen LogP contribution in [-0.2, 0) is 12.8 Å². The Morgan fingerprint density at radius 1 is 1.00 bits per heavy atom. The van der Waals surface area contributed by atoms with Crippen LogP contribution in [0.2, 0.25) is 0 Å². The second-order valence-electron chi connectivity index (χ2n) is 5.63. The number of H-pyrrole nitrogens is 1. The third kappa shape index (κ3) is 3.55. The van der Waals surface area contributed by atoms with Crippen LogP contribution in [0.1, 0.15) is 21.6 Å². The van der Waals surface area contributed by atoms with Crippen LogP contribution in [0, 0.1) is 0 Å². The number of nitrogens with one attached hydrogen (secondary N) is 1. The maximum atomic E-state index is 11.8. The lowest BCUT2D eigenvalue weighted by molar-refractivity contribution is 0.0690. The van der Waals surface area contributed by atoms with E-state index in [0.29, 0.717) is 24.1 Å². The molecule has 2 aromatic carbocycles. The number of carboxylic acid groups (broad SMARTS) is 1. The van der Waals surface area contributed by atoms with Crippen molar-refractivity contribution in [3.8, 4) is 17.2 Å². The van der Waals surface area contributed by atoms with Crippen molar-refractivity contribution in [1.29, 1.82) is 0 Å². The Kier molecular flexibility index (Phi) is 4.30. The number of aryl methyl sites for hydroxylation is 2. The Balaban J connectivity index is 1.75. The van der Waals surface area contributed by atoms with Crippen LogP contribution in [0.5, 0.6) is 11.5 Å². The van der Waals surface area contributed by atoms with Gasteiger partial charge < -0.3 is 15.3 Å². The first-order valence-electron chi connectivity index (χ1n) is 7.59. The van der Waals surface area contributed by atoms with Crippen molar-refractivity contribution in [3.05, 3.63) is 75.7 Å². The number of aromatic nitrogens is 2. The van der Waals surface area contributed by atoms with Gasteiger partial charge in [0.15, 0.2) is 0 Å². The molecule has 3 rings (SSSR count). The number of aromatic carboxylic acids is 1. The van der Waals surface area contributed by atoms with E-state index in [0.717, 1.165) is 16.3 Å². The molecule has 0 fully saturated rings. The van der Waals surface area contributed by atoms with Gasteiger partial charge in [0.1, 0.15) is 17.2 Å². The fourth-order valence-electron chi connectivity index (χ4n) is 2.56. The molecule has 7 heteroatoms. The van der Waals surface area contributed by atoms with E-state index in [4.69, 9.17) is 5.11 Å².